The van der Waals surface area contributed by atoms with E-state index in [0.717, 1.165) is 6.26 Å². The summed E-state index contributed by atoms with van der Waals surface area (Å²) in [5.41, 5.74) is 1.62. The van der Waals surface area contributed by atoms with Gasteiger partial charge in [0.15, 0.2) is 0 Å². The van der Waals surface area contributed by atoms with Gasteiger partial charge in [0.2, 0.25) is 15.9 Å². The normalized spacial score (nSPS) is 11.3. The number of sulfonamides is 1. The van der Waals surface area contributed by atoms with Gasteiger partial charge in [0.05, 0.1) is 29.2 Å². The molecule has 1 heterocycles. The lowest BCUT2D eigenvalue weighted by Gasteiger charge is -2.12. The molecular formula is C20H22N4O4S. The Morgan fingerprint density at radius 3 is 2.62 bits per heavy atom. The second-order valence-electron chi connectivity index (χ2n) is 6.67. The Morgan fingerprint density at radius 2 is 1.83 bits per heavy atom. The van der Waals surface area contributed by atoms with Gasteiger partial charge in [0.25, 0.3) is 5.56 Å². The number of amides is 1. The molecular weight excluding hydrogens is 392 g/mol. The number of nitrogens with one attached hydrogen (secondary N) is 2. The maximum atomic E-state index is 12.4. The maximum Gasteiger partial charge on any atom is 0.261 e. The van der Waals surface area contributed by atoms with E-state index in [9.17, 15) is 18.0 Å². The molecule has 0 unspecified atom stereocenters. The monoisotopic (exact) mass is 414 g/mol. The standard InChI is InChI=1S/C20H22N4O4S/c1-29(27,28)23-17-9-4-2-7-15(17)13-21-19(25)11-6-12-24-14-22-18-10-5-3-8-16(18)20(24)26/h2-5,7-10,14,23H,6,11-13H2,1H3,(H,21,25). The van der Waals surface area contributed by atoms with E-state index in [0.29, 0.717) is 35.1 Å². The van der Waals surface area contributed by atoms with Crippen molar-refractivity contribution in [3.63, 3.8) is 0 Å². The number of anilines is 1. The number of hydrogen-bond donors (Lipinski definition) is 2. The molecule has 0 radical (unpaired) electrons. The minimum Gasteiger partial charge on any atom is -0.352 e. The molecule has 3 rings (SSSR count). The molecule has 0 aliphatic carbocycles. The van der Waals surface area contributed by atoms with Crippen LogP contribution in [-0.4, -0.2) is 30.1 Å². The van der Waals surface area contributed by atoms with Gasteiger partial charge in [-0.1, -0.05) is 30.3 Å². The topological polar surface area (TPSA) is 110 Å². The van der Waals surface area contributed by atoms with Crippen molar-refractivity contribution in [2.45, 2.75) is 25.9 Å². The molecule has 0 bridgehead atoms. The van der Waals surface area contributed by atoms with Gasteiger partial charge in [0, 0.05) is 19.5 Å². The third kappa shape index (κ3) is 5.64. The van der Waals surface area contributed by atoms with Crippen LogP contribution in [0.4, 0.5) is 5.69 Å². The maximum absolute atomic E-state index is 12.4. The summed E-state index contributed by atoms with van der Waals surface area (Å²) in [6, 6.07) is 14.0. The van der Waals surface area contributed by atoms with E-state index < -0.39 is 10.0 Å². The van der Waals surface area contributed by atoms with Crippen LogP contribution in [0.15, 0.2) is 59.7 Å². The van der Waals surface area contributed by atoms with Crippen molar-refractivity contribution >= 4 is 32.5 Å². The summed E-state index contributed by atoms with van der Waals surface area (Å²) in [5.74, 6) is -0.180. The first-order valence-electron chi connectivity index (χ1n) is 9.10. The van der Waals surface area contributed by atoms with Crippen LogP contribution in [-0.2, 0) is 27.9 Å². The van der Waals surface area contributed by atoms with Gasteiger partial charge in [-0.2, -0.15) is 0 Å². The number of aromatic nitrogens is 2. The summed E-state index contributed by atoms with van der Waals surface area (Å²) in [5, 5.41) is 3.33. The fourth-order valence-electron chi connectivity index (χ4n) is 2.93. The van der Waals surface area contributed by atoms with E-state index in [4.69, 9.17) is 0 Å². The van der Waals surface area contributed by atoms with Crippen LogP contribution < -0.4 is 15.6 Å². The number of carbonyl (C=O) groups is 1. The zero-order chi connectivity index (χ0) is 20.9. The van der Waals surface area contributed by atoms with E-state index in [1.165, 1.54) is 10.9 Å². The summed E-state index contributed by atoms with van der Waals surface area (Å²) in [4.78, 5) is 28.8. The summed E-state index contributed by atoms with van der Waals surface area (Å²) < 4.78 is 26.8. The number of rotatable bonds is 8. The van der Waals surface area contributed by atoms with E-state index in [1.54, 1.807) is 42.5 Å². The fourth-order valence-corrected chi connectivity index (χ4v) is 3.53. The number of hydrogen-bond acceptors (Lipinski definition) is 5. The third-order valence-corrected chi connectivity index (χ3v) is 4.91. The highest BCUT2D eigenvalue weighted by atomic mass is 32.2. The molecule has 2 aromatic carbocycles. The highest BCUT2D eigenvalue weighted by Gasteiger charge is 2.09. The molecule has 1 aromatic heterocycles. The molecule has 0 saturated carbocycles. The molecule has 3 aromatic rings. The average Bonchev–Trinajstić information content (AvgIpc) is 2.68. The van der Waals surface area contributed by atoms with Crippen molar-refractivity contribution in [3.8, 4) is 0 Å². The van der Waals surface area contributed by atoms with E-state index >= 15 is 0 Å². The number of nitrogens with zero attached hydrogens (tertiary/aromatic N) is 2. The molecule has 8 nitrogen and oxygen atoms in total. The molecule has 0 atom stereocenters. The summed E-state index contributed by atoms with van der Waals surface area (Å²) in [6.07, 6.45) is 3.29. The molecule has 29 heavy (non-hydrogen) atoms. The Bertz CT molecular complexity index is 1190. The third-order valence-electron chi connectivity index (χ3n) is 4.32. The molecule has 9 heteroatoms. The van der Waals surface area contributed by atoms with Crippen molar-refractivity contribution in [2.24, 2.45) is 0 Å². The smallest absolute Gasteiger partial charge is 0.261 e. The lowest BCUT2D eigenvalue weighted by Crippen LogP contribution is -2.25. The largest absolute Gasteiger partial charge is 0.352 e. The van der Waals surface area contributed by atoms with Crippen LogP contribution in [0, 0.1) is 0 Å². The zero-order valence-corrected chi connectivity index (χ0v) is 16.8. The van der Waals surface area contributed by atoms with Crippen molar-refractivity contribution in [1.29, 1.82) is 0 Å². The van der Waals surface area contributed by atoms with Gasteiger partial charge < -0.3 is 5.32 Å². The molecule has 0 aliphatic heterocycles. The highest BCUT2D eigenvalue weighted by Crippen LogP contribution is 2.16. The van der Waals surface area contributed by atoms with Crippen molar-refractivity contribution in [3.05, 3.63) is 70.8 Å². The predicted octanol–water partition coefficient (Wildman–Crippen LogP) is 1.86. The van der Waals surface area contributed by atoms with Crippen molar-refractivity contribution in [2.75, 3.05) is 11.0 Å². The molecule has 0 fully saturated rings. The first-order chi connectivity index (χ1) is 13.8. The quantitative estimate of drug-likeness (QED) is 0.585. The fraction of sp³-hybridized carbons (Fsp3) is 0.250. The van der Waals surface area contributed by atoms with Gasteiger partial charge in [0.1, 0.15) is 0 Å². The number of aryl methyl sites for hydroxylation is 1. The predicted molar refractivity (Wildman–Crippen MR) is 112 cm³/mol. The van der Waals surface area contributed by atoms with Crippen LogP contribution in [0.3, 0.4) is 0 Å². The first-order valence-corrected chi connectivity index (χ1v) is 11.0. The SMILES string of the molecule is CS(=O)(=O)Nc1ccccc1CNC(=O)CCCn1cnc2ccccc2c1=O. The summed E-state index contributed by atoms with van der Waals surface area (Å²) >= 11 is 0. The second-order valence-corrected chi connectivity index (χ2v) is 8.42. The van der Waals surface area contributed by atoms with Crippen LogP contribution >= 0.6 is 0 Å². The number of fused-ring (bicyclic) bond motifs is 1. The van der Waals surface area contributed by atoms with Crippen LogP contribution in [0.25, 0.3) is 10.9 Å². The average molecular weight is 414 g/mol. The zero-order valence-electron chi connectivity index (χ0n) is 16.0. The first kappa shape index (κ1) is 20.5. The van der Waals surface area contributed by atoms with Gasteiger partial charge in [-0.25, -0.2) is 13.4 Å². The lowest BCUT2D eigenvalue weighted by atomic mass is 10.2. The van der Waals surface area contributed by atoms with E-state index in [2.05, 4.69) is 15.0 Å². The number of benzene rings is 2. The van der Waals surface area contributed by atoms with Gasteiger partial charge in [-0.15, -0.1) is 0 Å². The van der Waals surface area contributed by atoms with E-state index in [-0.39, 0.29) is 24.4 Å². The highest BCUT2D eigenvalue weighted by molar-refractivity contribution is 7.92. The summed E-state index contributed by atoms with van der Waals surface area (Å²) in [6.45, 7) is 0.589. The Hall–Kier alpha value is -3.20. The van der Waals surface area contributed by atoms with Crippen LogP contribution in [0.2, 0.25) is 0 Å². The van der Waals surface area contributed by atoms with E-state index in [1.807, 2.05) is 6.07 Å². The van der Waals surface area contributed by atoms with Crippen molar-refractivity contribution < 1.29 is 13.2 Å². The second kappa shape index (κ2) is 8.87. The number of carbonyl (C=O) groups excluding carboxylic acids is 1. The van der Waals surface area contributed by atoms with Crippen molar-refractivity contribution in [1.82, 2.24) is 14.9 Å². The molecule has 1 amide bonds. The molecule has 0 spiro atoms. The van der Waals surface area contributed by atoms with Crippen LogP contribution in [0.5, 0.6) is 0 Å². The lowest BCUT2D eigenvalue weighted by molar-refractivity contribution is -0.121. The molecule has 0 saturated heterocycles. The molecule has 0 aliphatic rings. The minimum absolute atomic E-state index is 0.128. The number of para-hydroxylation sites is 2. The van der Waals surface area contributed by atoms with Crippen LogP contribution in [0.1, 0.15) is 18.4 Å². The molecule has 152 valence electrons. The molecule has 2 N–H and O–H groups in total. The Labute approximate surface area is 168 Å². The van der Waals surface area contributed by atoms with Gasteiger partial charge >= 0.3 is 0 Å². The Morgan fingerprint density at radius 1 is 1.10 bits per heavy atom. The Balaban J connectivity index is 1.54. The summed E-state index contributed by atoms with van der Waals surface area (Å²) in [7, 11) is -3.40. The van der Waals surface area contributed by atoms with Gasteiger partial charge in [-0.05, 0) is 30.2 Å². The minimum atomic E-state index is -3.40. The van der Waals surface area contributed by atoms with Gasteiger partial charge in [-0.3, -0.25) is 18.9 Å². The Kier molecular flexibility index (Phi) is 6.28.